The van der Waals surface area contributed by atoms with Crippen LogP contribution < -0.4 is 15.5 Å². The molecule has 0 saturated carbocycles. The maximum absolute atomic E-state index is 11.3. The molecule has 2 heterocycles. The van der Waals surface area contributed by atoms with Crippen LogP contribution >= 0.6 is 0 Å². The van der Waals surface area contributed by atoms with E-state index in [1.54, 1.807) is 4.90 Å². The average molecular weight is 310 g/mol. The molecule has 1 aliphatic heterocycles. The molecule has 0 aromatic carbocycles. The highest BCUT2D eigenvalue weighted by Gasteiger charge is 2.32. The Bertz CT molecular complexity index is 524. The van der Waals surface area contributed by atoms with Crippen molar-refractivity contribution in [1.82, 2.24) is 15.0 Å². The van der Waals surface area contributed by atoms with E-state index in [0.29, 0.717) is 37.4 Å². The molecule has 0 aliphatic carbocycles. The second kappa shape index (κ2) is 7.21. The monoisotopic (exact) mass is 310 g/mol. The van der Waals surface area contributed by atoms with Gasteiger partial charge in [-0.2, -0.15) is 15.0 Å². The maximum atomic E-state index is 11.3. The van der Waals surface area contributed by atoms with Gasteiger partial charge < -0.3 is 25.7 Å². The van der Waals surface area contributed by atoms with Crippen molar-refractivity contribution in [2.24, 2.45) is 0 Å². The van der Waals surface area contributed by atoms with E-state index in [4.69, 9.17) is 5.11 Å². The number of carbonyl (C=O) groups is 1. The summed E-state index contributed by atoms with van der Waals surface area (Å²) in [5.74, 6) is 0.166. The highest BCUT2D eigenvalue weighted by atomic mass is 16.4. The minimum atomic E-state index is -0.874. The minimum Gasteiger partial charge on any atom is -0.480 e. The van der Waals surface area contributed by atoms with Crippen molar-refractivity contribution in [3.63, 3.8) is 0 Å². The van der Waals surface area contributed by atoms with Gasteiger partial charge in [-0.25, -0.2) is 4.79 Å². The molecule has 1 saturated heterocycles. The summed E-state index contributed by atoms with van der Waals surface area (Å²) in [6.07, 6.45) is 1.36. The van der Waals surface area contributed by atoms with Crippen LogP contribution in [0.25, 0.3) is 0 Å². The molecule has 1 aromatic heterocycles. The summed E-state index contributed by atoms with van der Waals surface area (Å²) in [5, 5.41) is 24.2. The molecule has 1 atom stereocenters. The van der Waals surface area contributed by atoms with E-state index < -0.39 is 12.0 Å². The van der Waals surface area contributed by atoms with Gasteiger partial charge in [-0.1, -0.05) is 0 Å². The van der Waals surface area contributed by atoms with Crippen LogP contribution in [0.5, 0.6) is 0 Å². The third-order valence-corrected chi connectivity index (χ3v) is 3.23. The summed E-state index contributed by atoms with van der Waals surface area (Å²) >= 11 is 0. The van der Waals surface area contributed by atoms with E-state index in [0.717, 1.165) is 6.42 Å². The van der Waals surface area contributed by atoms with Crippen molar-refractivity contribution in [3.8, 4) is 0 Å². The van der Waals surface area contributed by atoms with Crippen molar-refractivity contribution in [3.05, 3.63) is 0 Å². The topological polar surface area (TPSA) is 124 Å². The van der Waals surface area contributed by atoms with E-state index in [1.807, 2.05) is 13.8 Å². The highest BCUT2D eigenvalue weighted by Crippen LogP contribution is 2.24. The number of aromatic nitrogens is 3. The Morgan fingerprint density at radius 2 is 2.09 bits per heavy atom. The van der Waals surface area contributed by atoms with Crippen LogP contribution in [0.3, 0.4) is 0 Å². The third-order valence-electron chi connectivity index (χ3n) is 3.23. The van der Waals surface area contributed by atoms with Crippen LogP contribution in [-0.4, -0.2) is 62.9 Å². The lowest BCUT2D eigenvalue weighted by atomic mass is 10.2. The highest BCUT2D eigenvalue weighted by molar-refractivity contribution is 5.78. The number of hydrogen-bond acceptors (Lipinski definition) is 8. The lowest BCUT2D eigenvalue weighted by Gasteiger charge is -2.22. The molecule has 1 aromatic rings. The van der Waals surface area contributed by atoms with E-state index in [1.165, 1.54) is 0 Å². The first kappa shape index (κ1) is 16.2. The molecule has 122 valence electrons. The first-order valence-corrected chi connectivity index (χ1v) is 7.38. The molecule has 1 unspecified atom stereocenters. The number of hydrogen-bond donors (Lipinski definition) is 4. The largest absolute Gasteiger partial charge is 0.480 e. The molecule has 1 aliphatic rings. The Labute approximate surface area is 128 Å². The molecule has 0 radical (unpaired) electrons. The number of aliphatic carboxylic acids is 1. The fourth-order valence-corrected chi connectivity index (χ4v) is 2.33. The fraction of sp³-hybridized carbons (Fsp3) is 0.692. The Balaban J connectivity index is 2.29. The number of aliphatic hydroxyl groups excluding tert-OH is 1. The van der Waals surface area contributed by atoms with Crippen molar-refractivity contribution in [2.45, 2.75) is 38.8 Å². The molecule has 9 nitrogen and oxygen atoms in total. The first-order valence-electron chi connectivity index (χ1n) is 7.38. The van der Waals surface area contributed by atoms with Gasteiger partial charge in [0, 0.05) is 19.1 Å². The van der Waals surface area contributed by atoms with Gasteiger partial charge in [0.05, 0.1) is 6.61 Å². The molecule has 1 fully saturated rings. The predicted octanol–water partition coefficient (Wildman–Crippen LogP) is 0.149. The van der Waals surface area contributed by atoms with Crippen LogP contribution in [0.1, 0.15) is 26.7 Å². The maximum Gasteiger partial charge on any atom is 0.326 e. The molecule has 0 amide bonds. The second-order valence-corrected chi connectivity index (χ2v) is 5.42. The first-order chi connectivity index (χ1) is 10.5. The molecule has 22 heavy (non-hydrogen) atoms. The van der Waals surface area contributed by atoms with Crippen LogP contribution in [-0.2, 0) is 4.79 Å². The van der Waals surface area contributed by atoms with E-state index >= 15 is 0 Å². The Kier molecular flexibility index (Phi) is 5.31. The van der Waals surface area contributed by atoms with Gasteiger partial charge >= 0.3 is 5.97 Å². The number of nitrogens with one attached hydrogen (secondary N) is 2. The summed E-state index contributed by atoms with van der Waals surface area (Å²) < 4.78 is 0. The van der Waals surface area contributed by atoms with E-state index in [9.17, 15) is 9.90 Å². The number of aliphatic hydroxyl groups is 1. The van der Waals surface area contributed by atoms with Crippen LogP contribution in [0.4, 0.5) is 17.8 Å². The molecule has 0 spiro atoms. The van der Waals surface area contributed by atoms with Crippen molar-refractivity contribution in [2.75, 3.05) is 35.2 Å². The zero-order valence-corrected chi connectivity index (χ0v) is 12.8. The fourth-order valence-electron chi connectivity index (χ4n) is 2.33. The van der Waals surface area contributed by atoms with Crippen molar-refractivity contribution >= 4 is 23.8 Å². The zero-order chi connectivity index (χ0) is 16.1. The number of rotatable bonds is 7. The Morgan fingerprint density at radius 3 is 2.73 bits per heavy atom. The predicted molar refractivity (Wildman–Crippen MR) is 82.2 cm³/mol. The number of anilines is 3. The third kappa shape index (κ3) is 3.94. The molecule has 0 bridgehead atoms. The summed E-state index contributed by atoms with van der Waals surface area (Å²) in [6.45, 7) is 4.78. The number of carboxylic acids is 1. The number of nitrogens with zero attached hydrogens (tertiary/aromatic N) is 4. The van der Waals surface area contributed by atoms with Crippen LogP contribution in [0.2, 0.25) is 0 Å². The Hall–Kier alpha value is -2.16. The summed E-state index contributed by atoms with van der Waals surface area (Å²) in [6, 6.07) is -0.477. The molecule has 2 rings (SSSR count). The van der Waals surface area contributed by atoms with E-state index in [-0.39, 0.29) is 12.6 Å². The summed E-state index contributed by atoms with van der Waals surface area (Å²) in [7, 11) is 0. The lowest BCUT2D eigenvalue weighted by Crippen LogP contribution is -2.37. The Morgan fingerprint density at radius 1 is 1.36 bits per heavy atom. The molecular weight excluding hydrogens is 288 g/mol. The average Bonchev–Trinajstić information content (AvgIpc) is 2.93. The lowest BCUT2D eigenvalue weighted by molar-refractivity contribution is -0.138. The van der Waals surface area contributed by atoms with Gasteiger partial charge in [-0.15, -0.1) is 0 Å². The SMILES string of the molecule is CC(C)Nc1nc(NCCO)nc(N2CCCC2C(=O)O)n1. The van der Waals surface area contributed by atoms with Crippen LogP contribution in [0, 0.1) is 0 Å². The van der Waals surface area contributed by atoms with Crippen molar-refractivity contribution in [1.29, 1.82) is 0 Å². The molecule has 4 N–H and O–H groups in total. The van der Waals surface area contributed by atoms with Gasteiger partial charge in [-0.3, -0.25) is 0 Å². The number of carboxylic acid groups (broad SMARTS) is 1. The molecular formula is C13H22N6O3. The minimum absolute atomic E-state index is 0.0462. The summed E-state index contributed by atoms with van der Waals surface area (Å²) in [4.78, 5) is 25.8. The zero-order valence-electron chi connectivity index (χ0n) is 12.8. The van der Waals surface area contributed by atoms with Crippen molar-refractivity contribution < 1.29 is 15.0 Å². The van der Waals surface area contributed by atoms with Gasteiger partial charge in [-0.05, 0) is 26.7 Å². The van der Waals surface area contributed by atoms with Crippen LogP contribution in [0.15, 0.2) is 0 Å². The van der Waals surface area contributed by atoms with Gasteiger partial charge in [0.2, 0.25) is 17.8 Å². The van der Waals surface area contributed by atoms with Gasteiger partial charge in [0.1, 0.15) is 6.04 Å². The summed E-state index contributed by atoms with van der Waals surface area (Å²) in [5.41, 5.74) is 0. The standard InChI is InChI=1S/C13H22N6O3/c1-8(2)15-12-16-11(14-5-7-20)17-13(18-12)19-6-3-4-9(19)10(21)22/h8-9,20H,3-7H2,1-2H3,(H,21,22)(H2,14,15,16,17,18). The van der Waals surface area contributed by atoms with Gasteiger partial charge in [0.15, 0.2) is 0 Å². The second-order valence-electron chi connectivity index (χ2n) is 5.42. The smallest absolute Gasteiger partial charge is 0.326 e. The quantitative estimate of drug-likeness (QED) is 0.557. The van der Waals surface area contributed by atoms with Gasteiger partial charge in [0.25, 0.3) is 0 Å². The van der Waals surface area contributed by atoms with E-state index in [2.05, 4.69) is 25.6 Å². The molecule has 9 heteroatoms. The normalized spacial score (nSPS) is 17.8.